The number of pyridine rings is 1. The number of hydrogen-bond acceptors (Lipinski definition) is 3. The fraction of sp³-hybridized carbons (Fsp3) is 0.200. The number of para-hydroxylation sites is 1. The molecule has 0 atom stereocenters. The highest BCUT2D eigenvalue weighted by molar-refractivity contribution is 5.93. The number of amides is 1. The van der Waals surface area contributed by atoms with Crippen molar-refractivity contribution in [3.05, 3.63) is 65.1 Å². The summed E-state index contributed by atoms with van der Waals surface area (Å²) >= 11 is 0. The van der Waals surface area contributed by atoms with E-state index in [1.54, 1.807) is 19.1 Å². The van der Waals surface area contributed by atoms with Gasteiger partial charge >= 0.3 is 0 Å². The lowest BCUT2D eigenvalue weighted by molar-refractivity contribution is -0.605. The molecule has 5 nitrogen and oxygen atoms in total. The van der Waals surface area contributed by atoms with Crippen molar-refractivity contribution in [2.24, 2.45) is 0 Å². The van der Waals surface area contributed by atoms with Gasteiger partial charge in [-0.1, -0.05) is 18.2 Å². The number of hydrogen-bond donors (Lipinski definition) is 0. The Balaban J connectivity index is 2.13. The maximum absolute atomic E-state index is 12.2. The Hall–Kier alpha value is -2.56. The van der Waals surface area contributed by atoms with Gasteiger partial charge in [0.25, 0.3) is 5.91 Å². The van der Waals surface area contributed by atoms with Crippen LogP contribution in [0.15, 0.2) is 48.8 Å². The molecule has 0 aliphatic rings. The van der Waals surface area contributed by atoms with Crippen molar-refractivity contribution in [2.45, 2.75) is 6.54 Å². The average molecular weight is 272 g/mol. The largest absolute Gasteiger partial charge is 0.619 e. The lowest BCUT2D eigenvalue weighted by Crippen LogP contribution is -2.29. The monoisotopic (exact) mass is 272 g/mol. The second kappa shape index (κ2) is 6.06. The third-order valence-electron chi connectivity index (χ3n) is 3.00. The Morgan fingerprint density at radius 2 is 1.90 bits per heavy atom. The molecule has 0 N–H and O–H groups in total. The standard InChI is InChI=1S/C15H16N2O3/c1-16(11-13-5-3-4-6-14(13)20-2)15(18)12-7-9-17(19)10-8-12/h3-10H,11H2,1-2H3. The molecule has 1 amide bonds. The van der Waals surface area contributed by atoms with Crippen molar-refractivity contribution in [3.8, 4) is 5.75 Å². The first-order valence-electron chi connectivity index (χ1n) is 6.18. The Bertz CT molecular complexity index is 596. The van der Waals surface area contributed by atoms with E-state index in [0.717, 1.165) is 11.3 Å². The molecule has 2 rings (SSSR count). The van der Waals surface area contributed by atoms with Gasteiger partial charge in [-0.25, -0.2) is 0 Å². The number of ether oxygens (including phenoxy) is 1. The highest BCUT2D eigenvalue weighted by Gasteiger charge is 2.14. The smallest absolute Gasteiger partial charge is 0.254 e. The molecule has 0 aliphatic heterocycles. The zero-order chi connectivity index (χ0) is 14.5. The molecule has 0 unspecified atom stereocenters. The number of carbonyl (C=O) groups excluding carboxylic acids is 1. The Morgan fingerprint density at radius 3 is 2.55 bits per heavy atom. The van der Waals surface area contributed by atoms with Crippen LogP contribution < -0.4 is 9.47 Å². The predicted molar refractivity (Wildman–Crippen MR) is 74.2 cm³/mol. The van der Waals surface area contributed by atoms with E-state index in [1.165, 1.54) is 24.5 Å². The molecule has 0 spiro atoms. The van der Waals surface area contributed by atoms with Gasteiger partial charge in [0.2, 0.25) is 0 Å². The van der Waals surface area contributed by atoms with Gasteiger partial charge in [0.05, 0.1) is 12.7 Å². The molecule has 0 aliphatic carbocycles. The van der Waals surface area contributed by atoms with Gasteiger partial charge in [0, 0.05) is 31.3 Å². The molecule has 5 heteroatoms. The summed E-state index contributed by atoms with van der Waals surface area (Å²) in [5, 5.41) is 11.0. The number of rotatable bonds is 4. The van der Waals surface area contributed by atoms with Gasteiger partial charge in [-0.15, -0.1) is 0 Å². The SMILES string of the molecule is COc1ccccc1CN(C)C(=O)c1cc[n+]([O-])cc1. The Morgan fingerprint density at radius 1 is 1.25 bits per heavy atom. The van der Waals surface area contributed by atoms with E-state index >= 15 is 0 Å². The summed E-state index contributed by atoms with van der Waals surface area (Å²) in [6.07, 6.45) is 2.62. The van der Waals surface area contributed by atoms with E-state index in [1.807, 2.05) is 24.3 Å². The zero-order valence-electron chi connectivity index (χ0n) is 11.4. The number of carbonyl (C=O) groups is 1. The lowest BCUT2D eigenvalue weighted by Gasteiger charge is -2.18. The normalized spacial score (nSPS) is 10.1. The molecule has 20 heavy (non-hydrogen) atoms. The first-order valence-corrected chi connectivity index (χ1v) is 6.18. The van der Waals surface area contributed by atoms with Gasteiger partial charge in [-0.3, -0.25) is 4.79 Å². The van der Waals surface area contributed by atoms with Crippen LogP contribution in [0.25, 0.3) is 0 Å². The number of methoxy groups -OCH3 is 1. The topological polar surface area (TPSA) is 56.5 Å². The average Bonchev–Trinajstić information content (AvgIpc) is 2.48. The summed E-state index contributed by atoms with van der Waals surface area (Å²) in [6, 6.07) is 10.6. The fourth-order valence-electron chi connectivity index (χ4n) is 1.94. The van der Waals surface area contributed by atoms with Crippen LogP contribution in [0.2, 0.25) is 0 Å². The molecule has 0 radical (unpaired) electrons. The van der Waals surface area contributed by atoms with Crippen LogP contribution in [-0.2, 0) is 6.54 Å². The van der Waals surface area contributed by atoms with E-state index < -0.39 is 0 Å². The van der Waals surface area contributed by atoms with Crippen molar-refractivity contribution >= 4 is 5.91 Å². The van der Waals surface area contributed by atoms with E-state index in [2.05, 4.69) is 0 Å². The first-order chi connectivity index (χ1) is 9.61. The highest BCUT2D eigenvalue weighted by Crippen LogP contribution is 2.19. The van der Waals surface area contributed by atoms with Crippen molar-refractivity contribution in [1.82, 2.24) is 4.90 Å². The second-order valence-electron chi connectivity index (χ2n) is 4.42. The van der Waals surface area contributed by atoms with Crippen molar-refractivity contribution in [3.63, 3.8) is 0 Å². The van der Waals surface area contributed by atoms with Crippen LogP contribution in [0.4, 0.5) is 0 Å². The summed E-state index contributed by atoms with van der Waals surface area (Å²) in [5.41, 5.74) is 1.41. The van der Waals surface area contributed by atoms with Gasteiger partial charge in [-0.2, -0.15) is 4.73 Å². The maximum Gasteiger partial charge on any atom is 0.254 e. The van der Waals surface area contributed by atoms with Gasteiger partial charge in [0.15, 0.2) is 12.4 Å². The Kier molecular flexibility index (Phi) is 4.20. The molecular weight excluding hydrogens is 256 g/mol. The van der Waals surface area contributed by atoms with Crippen molar-refractivity contribution in [1.29, 1.82) is 0 Å². The number of benzene rings is 1. The minimum absolute atomic E-state index is 0.142. The highest BCUT2D eigenvalue weighted by atomic mass is 16.5. The van der Waals surface area contributed by atoms with Crippen molar-refractivity contribution in [2.75, 3.05) is 14.2 Å². The molecule has 2 aromatic rings. The summed E-state index contributed by atoms with van der Waals surface area (Å²) in [6.45, 7) is 0.440. The van der Waals surface area contributed by atoms with Crippen LogP contribution in [0.3, 0.4) is 0 Å². The van der Waals surface area contributed by atoms with Crippen LogP contribution in [-0.4, -0.2) is 25.0 Å². The number of nitrogens with zero attached hydrogens (tertiary/aromatic N) is 2. The predicted octanol–water partition coefficient (Wildman–Crippen LogP) is 1.60. The molecule has 104 valence electrons. The van der Waals surface area contributed by atoms with Gasteiger partial charge in [0.1, 0.15) is 5.75 Å². The minimum atomic E-state index is -0.142. The summed E-state index contributed by atoms with van der Waals surface area (Å²) in [4.78, 5) is 13.8. The quantitative estimate of drug-likeness (QED) is 0.627. The molecular formula is C15H16N2O3. The number of aromatic nitrogens is 1. The van der Waals surface area contributed by atoms with Gasteiger partial charge < -0.3 is 14.8 Å². The van der Waals surface area contributed by atoms with Gasteiger partial charge in [-0.05, 0) is 6.07 Å². The molecule has 0 saturated carbocycles. The molecule has 0 bridgehead atoms. The lowest BCUT2D eigenvalue weighted by atomic mass is 10.1. The molecule has 1 heterocycles. The molecule has 1 aromatic carbocycles. The zero-order valence-corrected chi connectivity index (χ0v) is 11.4. The third-order valence-corrected chi connectivity index (χ3v) is 3.00. The summed E-state index contributed by atoms with van der Waals surface area (Å²) in [7, 11) is 3.32. The summed E-state index contributed by atoms with van der Waals surface area (Å²) in [5.74, 6) is 0.606. The Labute approximate surface area is 117 Å². The first kappa shape index (κ1) is 13.9. The van der Waals surface area contributed by atoms with E-state index in [0.29, 0.717) is 16.8 Å². The summed E-state index contributed by atoms with van der Waals surface area (Å²) < 4.78 is 5.91. The van der Waals surface area contributed by atoms with Crippen molar-refractivity contribution < 1.29 is 14.3 Å². The molecule has 0 fully saturated rings. The van der Waals surface area contributed by atoms with E-state index in [9.17, 15) is 10.0 Å². The fourth-order valence-corrected chi connectivity index (χ4v) is 1.94. The third kappa shape index (κ3) is 3.06. The van der Waals surface area contributed by atoms with Crippen LogP contribution >= 0.6 is 0 Å². The van der Waals surface area contributed by atoms with E-state index in [4.69, 9.17) is 4.74 Å². The van der Waals surface area contributed by atoms with Crippen LogP contribution in [0.5, 0.6) is 5.75 Å². The minimum Gasteiger partial charge on any atom is -0.619 e. The second-order valence-corrected chi connectivity index (χ2v) is 4.42. The molecule has 1 aromatic heterocycles. The van der Waals surface area contributed by atoms with Crippen LogP contribution in [0.1, 0.15) is 15.9 Å². The molecule has 0 saturated heterocycles. The van der Waals surface area contributed by atoms with Crippen LogP contribution in [0, 0.1) is 5.21 Å². The maximum atomic E-state index is 12.2. The van der Waals surface area contributed by atoms with E-state index in [-0.39, 0.29) is 5.91 Å².